The van der Waals surface area contributed by atoms with Crippen molar-refractivity contribution in [3.05, 3.63) is 71.1 Å². The van der Waals surface area contributed by atoms with Crippen molar-refractivity contribution >= 4 is 54.3 Å². The van der Waals surface area contributed by atoms with E-state index in [4.69, 9.17) is 35.5 Å². The quantitative estimate of drug-likeness (QED) is 0.0177. The van der Waals surface area contributed by atoms with Gasteiger partial charge in [0.25, 0.3) is 10.1 Å². The lowest BCUT2D eigenvalue weighted by Gasteiger charge is -2.28. The van der Waals surface area contributed by atoms with Crippen LogP contribution in [0.15, 0.2) is 68.8 Å². The minimum Gasteiger partial charge on any atom is -0.451 e. The molecule has 0 saturated carbocycles. The molecular formula is C38H48ClN5O10S2. The lowest BCUT2D eigenvalue weighted by atomic mass is 10.0. The van der Waals surface area contributed by atoms with Crippen LogP contribution >= 0.6 is 11.6 Å². The predicted octanol–water partition coefficient (Wildman–Crippen LogP) is 6.68. The van der Waals surface area contributed by atoms with Gasteiger partial charge >= 0.3 is 10.1 Å². The number of nitrogens with zero attached hydrogens (tertiary/aromatic N) is 4. The van der Waals surface area contributed by atoms with Crippen molar-refractivity contribution in [2.45, 2.75) is 56.2 Å². The maximum atomic E-state index is 13.0. The summed E-state index contributed by atoms with van der Waals surface area (Å²) >= 11 is 6.95. The summed E-state index contributed by atoms with van der Waals surface area (Å²) in [7, 11) is -9.65. The van der Waals surface area contributed by atoms with E-state index >= 15 is 0 Å². The minimum atomic E-state index is -4.86. The topological polar surface area (TPSA) is 193 Å². The van der Waals surface area contributed by atoms with Gasteiger partial charge in [0, 0.05) is 25.2 Å². The molecule has 1 aliphatic carbocycles. The van der Waals surface area contributed by atoms with Gasteiger partial charge in [0.05, 0.1) is 24.2 Å². The fourth-order valence-corrected chi connectivity index (χ4v) is 8.50. The summed E-state index contributed by atoms with van der Waals surface area (Å²) in [6, 6.07) is 6.22. The molecule has 15 nitrogen and oxygen atoms in total. The van der Waals surface area contributed by atoms with E-state index in [0.29, 0.717) is 56.6 Å². The van der Waals surface area contributed by atoms with Crippen LogP contribution in [0, 0.1) is 0 Å². The Labute approximate surface area is 332 Å². The zero-order chi connectivity index (χ0) is 40.6. The van der Waals surface area contributed by atoms with Crippen LogP contribution in [0.2, 0.25) is 5.02 Å². The maximum Gasteiger partial charge on any atom is 0.300 e. The Kier molecular flexibility index (Phi) is 14.7. The number of ether oxygens (including phenoxy) is 1. The highest BCUT2D eigenvalue weighted by Crippen LogP contribution is 2.53. The number of likely N-dealkylation sites (N-methyl/N-ethyl adjacent to an activating group) is 2. The van der Waals surface area contributed by atoms with E-state index in [1.165, 1.54) is 12.1 Å². The van der Waals surface area contributed by atoms with Gasteiger partial charge in [0.2, 0.25) is 0 Å². The van der Waals surface area contributed by atoms with Gasteiger partial charge in [0.15, 0.2) is 27.7 Å². The van der Waals surface area contributed by atoms with E-state index in [9.17, 15) is 25.9 Å². The van der Waals surface area contributed by atoms with E-state index in [1.807, 2.05) is 26.8 Å². The largest absolute Gasteiger partial charge is 0.451 e. The highest BCUT2D eigenvalue weighted by Gasteiger charge is 2.34. The van der Waals surface area contributed by atoms with Crippen molar-refractivity contribution in [1.82, 2.24) is 14.8 Å². The van der Waals surface area contributed by atoms with Crippen LogP contribution in [0.5, 0.6) is 11.5 Å². The molecule has 18 heteroatoms. The number of halogens is 1. The third-order valence-electron chi connectivity index (χ3n) is 9.38. The van der Waals surface area contributed by atoms with Gasteiger partial charge in [-0.15, -0.1) is 13.2 Å². The summed E-state index contributed by atoms with van der Waals surface area (Å²) in [5, 5.41) is 3.11. The number of anilines is 2. The molecule has 304 valence electrons. The Hall–Kier alpha value is -3.91. The molecule has 0 fully saturated rings. The molecule has 56 heavy (non-hydrogen) atoms. The lowest BCUT2D eigenvalue weighted by molar-refractivity contribution is -0.287. The summed E-state index contributed by atoms with van der Waals surface area (Å²) < 4.78 is 85.1. The summed E-state index contributed by atoms with van der Waals surface area (Å²) in [4.78, 5) is 22.7. The molecule has 3 aliphatic rings. The molecule has 0 saturated heterocycles. The zero-order valence-corrected chi connectivity index (χ0v) is 34.1. The Balaban J connectivity index is 1.53. The molecule has 2 aliphatic heterocycles. The van der Waals surface area contributed by atoms with Crippen LogP contribution in [0.1, 0.15) is 44.7 Å². The van der Waals surface area contributed by atoms with E-state index in [2.05, 4.69) is 33.3 Å². The second kappa shape index (κ2) is 19.0. The summed E-state index contributed by atoms with van der Waals surface area (Å²) in [5.41, 5.74) is 1.58. The van der Waals surface area contributed by atoms with Crippen LogP contribution in [0.4, 0.5) is 11.4 Å². The average molecular weight is 834 g/mol. The number of fused-ring (bicyclic) bond motifs is 4. The molecule has 0 aromatic heterocycles. The molecule has 5 rings (SSSR count). The Bertz CT molecular complexity index is 2330. The maximum absolute atomic E-state index is 13.0. The van der Waals surface area contributed by atoms with Crippen LogP contribution in [-0.4, -0.2) is 99.8 Å². The number of aromatic nitrogens is 1. The number of nitrogens with one attached hydrogen (secondary N) is 1. The van der Waals surface area contributed by atoms with Crippen LogP contribution in [0.3, 0.4) is 0 Å². The third kappa shape index (κ3) is 9.78. The first kappa shape index (κ1) is 43.2. The van der Waals surface area contributed by atoms with Gasteiger partial charge in [0.1, 0.15) is 33.4 Å². The predicted molar refractivity (Wildman–Crippen MR) is 214 cm³/mol. The van der Waals surface area contributed by atoms with Crippen molar-refractivity contribution in [3.8, 4) is 23.0 Å². The van der Waals surface area contributed by atoms with Crippen molar-refractivity contribution in [3.63, 3.8) is 0 Å². The monoisotopic (exact) mass is 833 g/mol. The van der Waals surface area contributed by atoms with Crippen molar-refractivity contribution in [2.24, 2.45) is 4.99 Å². The van der Waals surface area contributed by atoms with Crippen LogP contribution in [0.25, 0.3) is 22.6 Å². The van der Waals surface area contributed by atoms with Gasteiger partial charge in [-0.1, -0.05) is 50.6 Å². The first-order valence-electron chi connectivity index (χ1n) is 18.4. The summed E-state index contributed by atoms with van der Waals surface area (Å²) in [6.45, 7) is 18.1. The van der Waals surface area contributed by atoms with E-state index in [-0.39, 0.29) is 73.9 Å². The molecule has 2 aromatic carbocycles. The standard InChI is InChI=1S/C38H48ClN5O10S2/c1-6-11-19-43(9-4)21-18-40-29-17-16-28-35(38(29)56(48,49)50)54-36-30(39)32-33(26(8-3)31(36)41-28)53-34-27(42-32)15-14-25(37(34)55(45,46)47)13-12-20-44(10-5)22-24-52-51-23-7-2/h6-7,14-17,42H,1-2,8-13,18-24H2,3-5H3,(H,45,46,47)(H,48,49,50). The molecule has 0 unspecified atom stereocenters. The second-order valence-electron chi connectivity index (χ2n) is 12.9. The SMILES string of the molecule is C=CCCN(CC)CCN=c1ccc2nc3c(CC)c4c(c(Cl)c3oc-2c1S(=O)(=O)O)Nc1ccc(CCCN(CC)CCOOCC=C)c(S(=O)(=O)O)c1O4. The first-order chi connectivity index (χ1) is 26.8. The smallest absolute Gasteiger partial charge is 0.300 e. The molecule has 0 atom stereocenters. The van der Waals surface area contributed by atoms with E-state index in [1.54, 1.807) is 18.2 Å². The van der Waals surface area contributed by atoms with E-state index in [0.717, 1.165) is 26.1 Å². The zero-order valence-electron chi connectivity index (χ0n) is 31.7. The van der Waals surface area contributed by atoms with E-state index < -0.39 is 25.1 Å². The van der Waals surface area contributed by atoms with Crippen molar-refractivity contribution in [1.29, 1.82) is 0 Å². The first-order valence-corrected chi connectivity index (χ1v) is 21.6. The van der Waals surface area contributed by atoms with Gasteiger partial charge < -0.3 is 24.3 Å². The average Bonchev–Trinajstić information content (AvgIpc) is 3.16. The minimum absolute atomic E-state index is 0.00252. The molecule has 0 spiro atoms. The van der Waals surface area contributed by atoms with Crippen LogP contribution < -0.4 is 15.4 Å². The number of hydrogen-bond acceptors (Lipinski definition) is 13. The Morgan fingerprint density at radius 2 is 1.66 bits per heavy atom. The Morgan fingerprint density at radius 1 is 0.929 bits per heavy atom. The van der Waals surface area contributed by atoms with Gasteiger partial charge in [-0.2, -0.15) is 16.8 Å². The molecule has 3 N–H and O–H groups in total. The lowest BCUT2D eigenvalue weighted by Crippen LogP contribution is -2.29. The second-order valence-corrected chi connectivity index (χ2v) is 16.0. The Morgan fingerprint density at radius 3 is 2.32 bits per heavy atom. The molecule has 0 bridgehead atoms. The number of aryl methyl sites for hydroxylation is 2. The summed E-state index contributed by atoms with van der Waals surface area (Å²) in [5.74, 6) is -0.183. The molecule has 2 aromatic rings. The highest BCUT2D eigenvalue weighted by molar-refractivity contribution is 7.86. The third-order valence-corrected chi connectivity index (χ3v) is 11.6. The van der Waals surface area contributed by atoms with Crippen LogP contribution in [-0.2, 0) is 42.9 Å². The number of rotatable bonds is 21. The van der Waals surface area contributed by atoms with Gasteiger partial charge in [-0.05, 0) is 69.1 Å². The number of benzene rings is 3. The fraction of sp³-hybridized carbons (Fsp3) is 0.421. The molecule has 0 amide bonds. The van der Waals surface area contributed by atoms with Crippen molar-refractivity contribution < 1.29 is 44.9 Å². The fourth-order valence-electron chi connectivity index (χ4n) is 6.58. The number of hydrogen-bond donors (Lipinski definition) is 3. The van der Waals surface area contributed by atoms with Crippen molar-refractivity contribution in [2.75, 3.05) is 64.3 Å². The molecule has 2 heterocycles. The van der Waals surface area contributed by atoms with Gasteiger partial charge in [-0.3, -0.25) is 14.1 Å². The van der Waals surface area contributed by atoms with Gasteiger partial charge in [-0.25, -0.2) is 14.8 Å². The normalized spacial score (nSPS) is 13.2. The molecule has 0 radical (unpaired) electrons. The molecular weight excluding hydrogens is 786 g/mol. The highest BCUT2D eigenvalue weighted by atomic mass is 35.5. The summed E-state index contributed by atoms with van der Waals surface area (Å²) in [6.07, 6.45) is 5.38.